The van der Waals surface area contributed by atoms with Gasteiger partial charge >= 0.3 is 0 Å². The number of carbonyl (C=O) groups is 1. The van der Waals surface area contributed by atoms with Crippen LogP contribution in [0.25, 0.3) is 0 Å². The van der Waals surface area contributed by atoms with Crippen LogP contribution in [0.2, 0.25) is 5.02 Å². The summed E-state index contributed by atoms with van der Waals surface area (Å²) in [5.74, 6) is -0.0654. The number of amides is 1. The van der Waals surface area contributed by atoms with Gasteiger partial charge in [0.1, 0.15) is 11.5 Å². The standard InChI is InChI=1S/C13H13ClN4O/c14-10-3-1-2-9(6-10)4-5-17-12-8-16-7-11(18-12)13(15)19/h1-3,6-8H,4-5H2,(H2,15,19)(H,17,18). The molecule has 0 radical (unpaired) electrons. The number of anilines is 1. The second kappa shape index (κ2) is 6.15. The first kappa shape index (κ1) is 13.3. The number of primary amides is 1. The summed E-state index contributed by atoms with van der Waals surface area (Å²) in [6.07, 6.45) is 3.68. The van der Waals surface area contributed by atoms with Crippen molar-refractivity contribution in [1.29, 1.82) is 0 Å². The van der Waals surface area contributed by atoms with E-state index in [-0.39, 0.29) is 5.69 Å². The average Bonchev–Trinajstić information content (AvgIpc) is 2.39. The van der Waals surface area contributed by atoms with E-state index in [9.17, 15) is 4.79 Å². The molecule has 1 heterocycles. The van der Waals surface area contributed by atoms with Gasteiger partial charge in [-0.05, 0) is 24.1 Å². The van der Waals surface area contributed by atoms with E-state index in [1.54, 1.807) is 6.20 Å². The number of nitrogens with zero attached hydrogens (tertiary/aromatic N) is 2. The SMILES string of the molecule is NC(=O)c1cncc(NCCc2cccc(Cl)c2)n1. The predicted octanol–water partition coefficient (Wildman–Crippen LogP) is 1.88. The maximum Gasteiger partial charge on any atom is 0.268 e. The normalized spacial score (nSPS) is 10.2. The van der Waals surface area contributed by atoms with Gasteiger partial charge in [-0.2, -0.15) is 0 Å². The Morgan fingerprint density at radius 1 is 1.37 bits per heavy atom. The van der Waals surface area contributed by atoms with Crippen molar-refractivity contribution in [3.8, 4) is 0 Å². The number of carbonyl (C=O) groups excluding carboxylic acids is 1. The van der Waals surface area contributed by atoms with Crippen molar-refractivity contribution in [2.24, 2.45) is 5.73 Å². The van der Waals surface area contributed by atoms with Gasteiger partial charge in [0.25, 0.3) is 5.91 Å². The molecule has 0 atom stereocenters. The van der Waals surface area contributed by atoms with Gasteiger partial charge in [0.2, 0.25) is 0 Å². The summed E-state index contributed by atoms with van der Waals surface area (Å²) < 4.78 is 0. The highest BCUT2D eigenvalue weighted by Gasteiger charge is 2.03. The van der Waals surface area contributed by atoms with Gasteiger partial charge in [-0.3, -0.25) is 9.78 Å². The van der Waals surface area contributed by atoms with Crippen molar-refractivity contribution < 1.29 is 4.79 Å². The van der Waals surface area contributed by atoms with Crippen LogP contribution in [0.4, 0.5) is 5.82 Å². The van der Waals surface area contributed by atoms with Crippen LogP contribution in [0.1, 0.15) is 16.1 Å². The van der Waals surface area contributed by atoms with Crippen LogP contribution in [-0.4, -0.2) is 22.4 Å². The predicted molar refractivity (Wildman–Crippen MR) is 74.2 cm³/mol. The van der Waals surface area contributed by atoms with E-state index in [4.69, 9.17) is 17.3 Å². The molecule has 19 heavy (non-hydrogen) atoms. The summed E-state index contributed by atoms with van der Waals surface area (Å²) in [5, 5.41) is 3.80. The third-order valence-corrected chi connectivity index (χ3v) is 2.73. The highest BCUT2D eigenvalue weighted by molar-refractivity contribution is 6.30. The molecule has 0 aliphatic heterocycles. The number of halogens is 1. The Labute approximate surface area is 115 Å². The van der Waals surface area contributed by atoms with Crippen molar-refractivity contribution in [1.82, 2.24) is 9.97 Å². The second-order valence-corrected chi connectivity index (χ2v) is 4.40. The van der Waals surface area contributed by atoms with Gasteiger partial charge in [0.15, 0.2) is 0 Å². The minimum absolute atomic E-state index is 0.146. The summed E-state index contributed by atoms with van der Waals surface area (Å²) >= 11 is 5.90. The van der Waals surface area contributed by atoms with Gasteiger partial charge in [-0.1, -0.05) is 23.7 Å². The van der Waals surface area contributed by atoms with E-state index in [1.807, 2.05) is 24.3 Å². The Morgan fingerprint density at radius 2 is 2.21 bits per heavy atom. The summed E-state index contributed by atoms with van der Waals surface area (Å²) in [5.41, 5.74) is 6.41. The summed E-state index contributed by atoms with van der Waals surface area (Å²) in [6.45, 7) is 0.664. The lowest BCUT2D eigenvalue weighted by Gasteiger charge is -2.06. The smallest absolute Gasteiger partial charge is 0.268 e. The maximum absolute atomic E-state index is 11.0. The fourth-order valence-electron chi connectivity index (χ4n) is 1.60. The molecule has 1 amide bonds. The lowest BCUT2D eigenvalue weighted by atomic mass is 10.1. The van der Waals surface area contributed by atoms with Crippen molar-refractivity contribution in [3.05, 3.63) is 52.9 Å². The van der Waals surface area contributed by atoms with Crippen molar-refractivity contribution in [2.75, 3.05) is 11.9 Å². The van der Waals surface area contributed by atoms with Crippen molar-refractivity contribution >= 4 is 23.3 Å². The molecule has 2 aromatic rings. The summed E-state index contributed by atoms with van der Waals surface area (Å²) in [6, 6.07) is 7.65. The number of nitrogens with two attached hydrogens (primary N) is 1. The molecule has 0 fully saturated rings. The molecule has 3 N–H and O–H groups in total. The average molecular weight is 277 g/mol. The van der Waals surface area contributed by atoms with Crippen LogP contribution in [0.15, 0.2) is 36.7 Å². The number of benzene rings is 1. The molecule has 6 heteroatoms. The zero-order chi connectivity index (χ0) is 13.7. The molecule has 1 aromatic heterocycles. The Balaban J connectivity index is 1.92. The van der Waals surface area contributed by atoms with Crippen molar-refractivity contribution in [3.63, 3.8) is 0 Å². The van der Waals surface area contributed by atoms with Gasteiger partial charge in [-0.15, -0.1) is 0 Å². The van der Waals surface area contributed by atoms with Gasteiger partial charge < -0.3 is 11.1 Å². The molecule has 98 valence electrons. The monoisotopic (exact) mass is 276 g/mol. The molecule has 0 spiro atoms. The van der Waals surface area contributed by atoms with Gasteiger partial charge in [0, 0.05) is 11.6 Å². The van der Waals surface area contributed by atoms with Crippen LogP contribution in [-0.2, 0) is 6.42 Å². The molecule has 0 saturated carbocycles. The van der Waals surface area contributed by atoms with E-state index in [0.717, 1.165) is 12.0 Å². The van der Waals surface area contributed by atoms with Crippen LogP contribution in [0.3, 0.4) is 0 Å². The zero-order valence-corrected chi connectivity index (χ0v) is 10.9. The summed E-state index contributed by atoms with van der Waals surface area (Å²) in [7, 11) is 0. The molecule has 5 nitrogen and oxygen atoms in total. The van der Waals surface area contributed by atoms with E-state index in [1.165, 1.54) is 6.20 Å². The van der Waals surface area contributed by atoms with Crippen molar-refractivity contribution in [2.45, 2.75) is 6.42 Å². The first-order valence-electron chi connectivity index (χ1n) is 5.75. The maximum atomic E-state index is 11.0. The van der Waals surface area contributed by atoms with Crippen LogP contribution in [0.5, 0.6) is 0 Å². The largest absolute Gasteiger partial charge is 0.368 e. The minimum atomic E-state index is -0.592. The Hall–Kier alpha value is -2.14. The molecule has 2 rings (SSSR count). The highest BCUT2D eigenvalue weighted by Crippen LogP contribution is 2.11. The minimum Gasteiger partial charge on any atom is -0.368 e. The van der Waals surface area contributed by atoms with E-state index >= 15 is 0 Å². The molecular formula is C13H13ClN4O. The second-order valence-electron chi connectivity index (χ2n) is 3.96. The fraction of sp³-hybridized carbons (Fsp3) is 0.154. The molecule has 0 aliphatic carbocycles. The molecule has 1 aromatic carbocycles. The lowest BCUT2D eigenvalue weighted by Crippen LogP contribution is -2.15. The number of hydrogen-bond acceptors (Lipinski definition) is 4. The third-order valence-electron chi connectivity index (χ3n) is 2.50. The topological polar surface area (TPSA) is 80.9 Å². The lowest BCUT2D eigenvalue weighted by molar-refractivity contribution is 0.0995. The summed E-state index contributed by atoms with van der Waals surface area (Å²) in [4.78, 5) is 18.9. The third kappa shape index (κ3) is 3.93. The number of hydrogen-bond donors (Lipinski definition) is 2. The van der Waals surface area contributed by atoms with E-state index in [0.29, 0.717) is 17.4 Å². The fourth-order valence-corrected chi connectivity index (χ4v) is 1.81. The molecule has 0 saturated heterocycles. The molecular weight excluding hydrogens is 264 g/mol. The Morgan fingerprint density at radius 3 is 2.95 bits per heavy atom. The molecule has 0 unspecified atom stereocenters. The first-order valence-corrected chi connectivity index (χ1v) is 6.13. The van der Waals surface area contributed by atoms with Gasteiger partial charge in [0.05, 0.1) is 12.4 Å². The number of nitrogens with one attached hydrogen (secondary N) is 1. The number of aromatic nitrogens is 2. The highest BCUT2D eigenvalue weighted by atomic mass is 35.5. The van der Waals surface area contributed by atoms with Gasteiger partial charge in [-0.25, -0.2) is 4.98 Å². The Bertz CT molecular complexity index is 588. The van der Waals surface area contributed by atoms with Crippen LogP contribution < -0.4 is 11.1 Å². The van der Waals surface area contributed by atoms with E-state index < -0.39 is 5.91 Å². The molecule has 0 bridgehead atoms. The quantitative estimate of drug-likeness (QED) is 0.874. The van der Waals surface area contributed by atoms with Crippen LogP contribution in [0, 0.1) is 0 Å². The van der Waals surface area contributed by atoms with E-state index in [2.05, 4.69) is 15.3 Å². The zero-order valence-electron chi connectivity index (χ0n) is 10.1. The van der Waals surface area contributed by atoms with Crippen LogP contribution >= 0.6 is 11.6 Å². The Kier molecular flexibility index (Phi) is 4.30. The first-order chi connectivity index (χ1) is 9.15. The molecule has 0 aliphatic rings. The number of rotatable bonds is 5.